The van der Waals surface area contributed by atoms with E-state index in [1.165, 1.54) is 24.3 Å². The molecular weight excluding hydrogens is 285 g/mol. The number of carbonyl (C=O) groups excluding carboxylic acids is 1. The van der Waals surface area contributed by atoms with E-state index in [2.05, 4.69) is 15.5 Å². The molecule has 1 amide bonds. The van der Waals surface area contributed by atoms with Crippen molar-refractivity contribution in [3.8, 4) is 11.5 Å². The van der Waals surface area contributed by atoms with Crippen molar-refractivity contribution >= 4 is 11.6 Å². The first-order valence-corrected chi connectivity index (χ1v) is 6.60. The van der Waals surface area contributed by atoms with Gasteiger partial charge in [0.25, 0.3) is 11.8 Å². The highest BCUT2D eigenvalue weighted by molar-refractivity contribution is 6.05. The van der Waals surface area contributed by atoms with Crippen molar-refractivity contribution in [2.24, 2.45) is 0 Å². The van der Waals surface area contributed by atoms with Gasteiger partial charge in [-0.05, 0) is 37.3 Å². The molecule has 110 valence electrons. The normalized spacial score (nSPS) is 10.5. The number of rotatable bonds is 3. The first-order valence-electron chi connectivity index (χ1n) is 6.60. The SMILES string of the molecule is Cc1noc(-c2ccccc2NC(=O)c2cccc(F)c2)n1. The number of aromatic nitrogens is 2. The Morgan fingerprint density at radius 2 is 2.00 bits per heavy atom. The van der Waals surface area contributed by atoms with Gasteiger partial charge in [0.15, 0.2) is 5.82 Å². The number of benzene rings is 2. The maximum absolute atomic E-state index is 13.2. The van der Waals surface area contributed by atoms with Crippen LogP contribution in [0.3, 0.4) is 0 Å². The van der Waals surface area contributed by atoms with E-state index in [4.69, 9.17) is 4.52 Å². The Labute approximate surface area is 125 Å². The van der Waals surface area contributed by atoms with Crippen LogP contribution in [0, 0.1) is 12.7 Å². The second kappa shape index (κ2) is 5.77. The Morgan fingerprint density at radius 3 is 2.73 bits per heavy atom. The van der Waals surface area contributed by atoms with Gasteiger partial charge in [0.05, 0.1) is 11.3 Å². The number of nitrogens with zero attached hydrogens (tertiary/aromatic N) is 2. The summed E-state index contributed by atoms with van der Waals surface area (Å²) >= 11 is 0. The second-order valence-electron chi connectivity index (χ2n) is 4.66. The maximum atomic E-state index is 13.2. The lowest BCUT2D eigenvalue weighted by molar-refractivity contribution is 0.102. The molecule has 5 nitrogen and oxygen atoms in total. The van der Waals surface area contributed by atoms with Gasteiger partial charge in [-0.2, -0.15) is 4.98 Å². The lowest BCUT2D eigenvalue weighted by Crippen LogP contribution is -2.12. The fraction of sp³-hybridized carbons (Fsp3) is 0.0625. The number of hydrogen-bond acceptors (Lipinski definition) is 4. The highest BCUT2D eigenvalue weighted by Crippen LogP contribution is 2.26. The first kappa shape index (κ1) is 13.9. The largest absolute Gasteiger partial charge is 0.334 e. The van der Waals surface area contributed by atoms with Crippen molar-refractivity contribution in [2.75, 3.05) is 5.32 Å². The second-order valence-corrected chi connectivity index (χ2v) is 4.66. The van der Waals surface area contributed by atoms with Crippen molar-refractivity contribution in [1.82, 2.24) is 10.1 Å². The molecule has 2 aromatic carbocycles. The van der Waals surface area contributed by atoms with Gasteiger partial charge in [0.2, 0.25) is 0 Å². The molecule has 1 aromatic heterocycles. The average Bonchev–Trinajstić information content (AvgIpc) is 2.94. The highest BCUT2D eigenvalue weighted by Gasteiger charge is 2.14. The summed E-state index contributed by atoms with van der Waals surface area (Å²) in [5.41, 5.74) is 1.35. The number of halogens is 1. The molecule has 0 aliphatic heterocycles. The Morgan fingerprint density at radius 1 is 1.18 bits per heavy atom. The molecule has 0 aliphatic carbocycles. The maximum Gasteiger partial charge on any atom is 0.260 e. The Kier molecular flexibility index (Phi) is 3.65. The molecule has 0 spiro atoms. The summed E-state index contributed by atoms with van der Waals surface area (Å²) in [5.74, 6) is -0.0643. The van der Waals surface area contributed by atoms with E-state index in [-0.39, 0.29) is 5.56 Å². The van der Waals surface area contributed by atoms with Crippen LogP contribution in [0.1, 0.15) is 16.2 Å². The first-order chi connectivity index (χ1) is 10.6. The van der Waals surface area contributed by atoms with Crippen LogP contribution in [0.15, 0.2) is 53.1 Å². The van der Waals surface area contributed by atoms with Crippen LogP contribution >= 0.6 is 0 Å². The van der Waals surface area contributed by atoms with Crippen LogP contribution in [0.5, 0.6) is 0 Å². The topological polar surface area (TPSA) is 68.0 Å². The highest BCUT2D eigenvalue weighted by atomic mass is 19.1. The van der Waals surface area contributed by atoms with E-state index in [1.54, 1.807) is 31.2 Å². The van der Waals surface area contributed by atoms with Crippen molar-refractivity contribution in [1.29, 1.82) is 0 Å². The van der Waals surface area contributed by atoms with Crippen LogP contribution in [-0.2, 0) is 0 Å². The number of para-hydroxylation sites is 1. The van der Waals surface area contributed by atoms with E-state index in [9.17, 15) is 9.18 Å². The molecule has 0 atom stereocenters. The molecule has 0 fully saturated rings. The lowest BCUT2D eigenvalue weighted by Gasteiger charge is -2.08. The van der Waals surface area contributed by atoms with Gasteiger partial charge in [-0.1, -0.05) is 23.4 Å². The van der Waals surface area contributed by atoms with Gasteiger partial charge in [0.1, 0.15) is 5.82 Å². The van der Waals surface area contributed by atoms with Gasteiger partial charge in [-0.3, -0.25) is 4.79 Å². The average molecular weight is 297 g/mol. The standard InChI is InChI=1S/C16H12FN3O2/c1-10-18-16(22-20-10)13-7-2-3-8-14(13)19-15(21)11-5-4-6-12(17)9-11/h2-9H,1H3,(H,19,21). The molecule has 1 N–H and O–H groups in total. The summed E-state index contributed by atoms with van der Waals surface area (Å²) in [4.78, 5) is 16.4. The Bertz CT molecular complexity index is 830. The fourth-order valence-electron chi connectivity index (χ4n) is 2.01. The summed E-state index contributed by atoms with van der Waals surface area (Å²) in [6, 6.07) is 12.5. The number of aryl methyl sites for hydroxylation is 1. The number of nitrogens with one attached hydrogen (secondary N) is 1. The van der Waals surface area contributed by atoms with E-state index in [0.29, 0.717) is 23.0 Å². The Hall–Kier alpha value is -3.02. The van der Waals surface area contributed by atoms with Gasteiger partial charge in [-0.15, -0.1) is 0 Å². The molecule has 0 bridgehead atoms. The zero-order valence-electron chi connectivity index (χ0n) is 11.7. The van der Waals surface area contributed by atoms with Crippen molar-refractivity contribution in [3.05, 3.63) is 65.7 Å². The fourth-order valence-corrected chi connectivity index (χ4v) is 2.01. The molecule has 0 saturated heterocycles. The zero-order valence-corrected chi connectivity index (χ0v) is 11.7. The summed E-state index contributed by atoms with van der Waals surface area (Å²) in [7, 11) is 0. The van der Waals surface area contributed by atoms with E-state index < -0.39 is 11.7 Å². The van der Waals surface area contributed by atoms with Gasteiger partial charge in [-0.25, -0.2) is 4.39 Å². The third-order valence-electron chi connectivity index (χ3n) is 3.02. The van der Waals surface area contributed by atoms with Crippen LogP contribution in [-0.4, -0.2) is 16.0 Å². The monoisotopic (exact) mass is 297 g/mol. The Balaban J connectivity index is 1.91. The molecule has 1 heterocycles. The van der Waals surface area contributed by atoms with Crippen LogP contribution in [0.4, 0.5) is 10.1 Å². The molecule has 3 aromatic rings. The molecule has 6 heteroatoms. The predicted octanol–water partition coefficient (Wildman–Crippen LogP) is 3.44. The smallest absolute Gasteiger partial charge is 0.260 e. The molecule has 0 saturated carbocycles. The van der Waals surface area contributed by atoms with Crippen LogP contribution < -0.4 is 5.32 Å². The quantitative estimate of drug-likeness (QED) is 0.804. The summed E-state index contributed by atoms with van der Waals surface area (Å²) in [6.45, 7) is 1.71. The minimum absolute atomic E-state index is 0.233. The number of carbonyl (C=O) groups is 1. The minimum Gasteiger partial charge on any atom is -0.334 e. The minimum atomic E-state index is -0.464. The molecule has 0 aliphatic rings. The third kappa shape index (κ3) is 2.85. The molecule has 0 radical (unpaired) electrons. The summed E-state index contributed by atoms with van der Waals surface area (Å²) < 4.78 is 18.3. The molecular formula is C16H12FN3O2. The molecule has 3 rings (SSSR count). The zero-order chi connectivity index (χ0) is 15.5. The van der Waals surface area contributed by atoms with E-state index in [1.807, 2.05) is 0 Å². The van der Waals surface area contributed by atoms with E-state index >= 15 is 0 Å². The van der Waals surface area contributed by atoms with Crippen molar-refractivity contribution in [3.63, 3.8) is 0 Å². The van der Waals surface area contributed by atoms with Crippen molar-refractivity contribution < 1.29 is 13.7 Å². The summed E-state index contributed by atoms with van der Waals surface area (Å²) in [5, 5.41) is 6.46. The van der Waals surface area contributed by atoms with Gasteiger partial charge in [0, 0.05) is 5.56 Å². The summed E-state index contributed by atoms with van der Waals surface area (Å²) in [6.07, 6.45) is 0. The number of amides is 1. The molecule has 0 unspecified atom stereocenters. The lowest BCUT2D eigenvalue weighted by atomic mass is 10.1. The molecule has 22 heavy (non-hydrogen) atoms. The van der Waals surface area contributed by atoms with Crippen LogP contribution in [0.25, 0.3) is 11.5 Å². The number of hydrogen-bond donors (Lipinski definition) is 1. The predicted molar refractivity (Wildman–Crippen MR) is 78.8 cm³/mol. The van der Waals surface area contributed by atoms with Gasteiger partial charge >= 0.3 is 0 Å². The number of anilines is 1. The van der Waals surface area contributed by atoms with E-state index in [0.717, 1.165) is 0 Å². The third-order valence-corrected chi connectivity index (χ3v) is 3.02. The van der Waals surface area contributed by atoms with Gasteiger partial charge < -0.3 is 9.84 Å². The van der Waals surface area contributed by atoms with Crippen LogP contribution in [0.2, 0.25) is 0 Å². The van der Waals surface area contributed by atoms with Crippen molar-refractivity contribution in [2.45, 2.75) is 6.92 Å².